The van der Waals surface area contributed by atoms with Crippen LogP contribution < -0.4 is 15.0 Å². The highest BCUT2D eigenvalue weighted by atomic mass is 32.2. The van der Waals surface area contributed by atoms with E-state index >= 15 is 0 Å². The lowest BCUT2D eigenvalue weighted by Crippen LogP contribution is -2.30. The van der Waals surface area contributed by atoms with Crippen LogP contribution in [0.15, 0.2) is 47.5 Å². The Morgan fingerprint density at radius 3 is 2.69 bits per heavy atom. The predicted molar refractivity (Wildman–Crippen MR) is 106 cm³/mol. The third kappa shape index (κ3) is 4.91. The van der Waals surface area contributed by atoms with E-state index in [1.807, 2.05) is 43.5 Å². The number of thioether (sulfide) groups is 1. The van der Waals surface area contributed by atoms with E-state index in [9.17, 15) is 4.79 Å². The third-order valence-electron chi connectivity index (χ3n) is 4.45. The molecule has 2 heterocycles. The Morgan fingerprint density at radius 1 is 1.27 bits per heavy atom. The lowest BCUT2D eigenvalue weighted by molar-refractivity contribution is -0.120. The second-order valence-electron chi connectivity index (χ2n) is 6.37. The first kappa shape index (κ1) is 18.6. The number of nitrogens with one attached hydrogen (secondary N) is 1. The summed E-state index contributed by atoms with van der Waals surface area (Å²) in [4.78, 5) is 20.2. The van der Waals surface area contributed by atoms with Gasteiger partial charge in [-0.3, -0.25) is 4.79 Å². The quantitative estimate of drug-likeness (QED) is 0.755. The number of carbonyl (C=O) groups excluding carboxylic acids is 1. The van der Waals surface area contributed by atoms with E-state index in [1.165, 1.54) is 12.8 Å². The van der Waals surface area contributed by atoms with Crippen molar-refractivity contribution in [1.82, 2.24) is 10.3 Å². The van der Waals surface area contributed by atoms with E-state index < -0.39 is 0 Å². The molecule has 1 aromatic carbocycles. The fourth-order valence-electron chi connectivity index (χ4n) is 2.93. The summed E-state index contributed by atoms with van der Waals surface area (Å²) in [5, 5.41) is 2.86. The number of benzene rings is 1. The topological polar surface area (TPSA) is 54.5 Å². The maximum Gasteiger partial charge on any atom is 0.233 e. The molecule has 3 rings (SSSR count). The number of anilines is 1. The van der Waals surface area contributed by atoms with E-state index in [2.05, 4.69) is 21.3 Å². The largest absolute Gasteiger partial charge is 0.497 e. The molecule has 5 nitrogen and oxygen atoms in total. The highest BCUT2D eigenvalue weighted by molar-refractivity contribution is 8.00. The maximum absolute atomic E-state index is 12.4. The second kappa shape index (κ2) is 8.94. The van der Waals surface area contributed by atoms with Gasteiger partial charge in [-0.2, -0.15) is 0 Å². The molecule has 1 N–H and O–H groups in total. The molecule has 0 radical (unpaired) electrons. The molecule has 1 fully saturated rings. The summed E-state index contributed by atoms with van der Waals surface area (Å²) in [5.74, 6) is 1.86. The Bertz CT molecular complexity index is 730. The van der Waals surface area contributed by atoms with Crippen LogP contribution in [0, 0.1) is 0 Å². The number of hydrogen-bond acceptors (Lipinski definition) is 5. The normalized spacial score (nSPS) is 14.9. The molecule has 1 saturated heterocycles. The zero-order valence-corrected chi connectivity index (χ0v) is 16.1. The molecule has 1 atom stereocenters. The van der Waals surface area contributed by atoms with Crippen LogP contribution in [-0.2, 0) is 11.3 Å². The number of pyridine rings is 1. The van der Waals surface area contributed by atoms with Crippen LogP contribution in [0.3, 0.4) is 0 Å². The van der Waals surface area contributed by atoms with Gasteiger partial charge in [-0.15, -0.1) is 11.8 Å². The summed E-state index contributed by atoms with van der Waals surface area (Å²) in [6.07, 6.45) is 4.27. The van der Waals surface area contributed by atoms with Gasteiger partial charge in [0.15, 0.2) is 0 Å². The molecule has 138 valence electrons. The minimum absolute atomic E-state index is 0.0327. The molecule has 2 aromatic rings. The van der Waals surface area contributed by atoms with Gasteiger partial charge in [-0.25, -0.2) is 4.98 Å². The van der Waals surface area contributed by atoms with Crippen molar-refractivity contribution in [1.29, 1.82) is 0 Å². The van der Waals surface area contributed by atoms with Crippen LogP contribution in [0.2, 0.25) is 0 Å². The molecule has 1 aliphatic heterocycles. The summed E-state index contributed by atoms with van der Waals surface area (Å²) in [6, 6.07) is 11.8. The van der Waals surface area contributed by atoms with Crippen molar-refractivity contribution in [2.24, 2.45) is 0 Å². The van der Waals surface area contributed by atoms with Gasteiger partial charge in [0.05, 0.1) is 12.4 Å². The van der Waals surface area contributed by atoms with Crippen molar-refractivity contribution in [3.05, 3.63) is 48.2 Å². The van der Waals surface area contributed by atoms with Gasteiger partial charge in [-0.05, 0) is 61.7 Å². The summed E-state index contributed by atoms with van der Waals surface area (Å²) >= 11 is 1.54. The number of carbonyl (C=O) groups is 1. The average Bonchev–Trinajstić information content (AvgIpc) is 3.22. The van der Waals surface area contributed by atoms with E-state index in [0.717, 1.165) is 35.1 Å². The van der Waals surface area contributed by atoms with E-state index in [4.69, 9.17) is 4.74 Å². The number of methoxy groups -OCH3 is 1. The highest BCUT2D eigenvalue weighted by Gasteiger charge is 2.16. The first-order valence-electron chi connectivity index (χ1n) is 8.94. The maximum atomic E-state index is 12.4. The predicted octanol–water partition coefficient (Wildman–Crippen LogP) is 3.49. The van der Waals surface area contributed by atoms with Gasteiger partial charge in [0.25, 0.3) is 0 Å². The number of rotatable bonds is 7. The molecular formula is C20H25N3O2S. The number of amides is 1. The molecule has 1 amide bonds. The van der Waals surface area contributed by atoms with Crippen LogP contribution in [0.25, 0.3) is 0 Å². The first-order valence-corrected chi connectivity index (χ1v) is 9.82. The van der Waals surface area contributed by atoms with E-state index in [0.29, 0.717) is 6.54 Å². The monoisotopic (exact) mass is 371 g/mol. The molecule has 6 heteroatoms. The number of aromatic nitrogens is 1. The Balaban J connectivity index is 1.51. The molecule has 0 saturated carbocycles. The van der Waals surface area contributed by atoms with Crippen LogP contribution in [0.4, 0.5) is 5.82 Å². The third-order valence-corrected chi connectivity index (χ3v) is 5.56. The summed E-state index contributed by atoms with van der Waals surface area (Å²) < 4.78 is 5.16. The number of hydrogen-bond donors (Lipinski definition) is 1. The van der Waals surface area contributed by atoms with Crippen molar-refractivity contribution in [2.75, 3.05) is 25.1 Å². The summed E-state index contributed by atoms with van der Waals surface area (Å²) in [5.41, 5.74) is 1.08. The van der Waals surface area contributed by atoms with Crippen LogP contribution in [0.1, 0.15) is 25.3 Å². The van der Waals surface area contributed by atoms with Gasteiger partial charge >= 0.3 is 0 Å². The molecule has 0 spiro atoms. The Labute approximate surface area is 159 Å². The molecule has 1 aromatic heterocycles. The van der Waals surface area contributed by atoms with Crippen molar-refractivity contribution in [3.8, 4) is 5.75 Å². The molecule has 1 aliphatic rings. The van der Waals surface area contributed by atoms with Crippen molar-refractivity contribution >= 4 is 23.5 Å². The van der Waals surface area contributed by atoms with E-state index in [-0.39, 0.29) is 11.2 Å². The first-order chi connectivity index (χ1) is 12.7. The fraction of sp³-hybridized carbons (Fsp3) is 0.400. The number of nitrogens with zero attached hydrogens (tertiary/aromatic N) is 2. The highest BCUT2D eigenvalue weighted by Crippen LogP contribution is 2.25. The van der Waals surface area contributed by atoms with Gasteiger partial charge in [-0.1, -0.05) is 0 Å². The average molecular weight is 372 g/mol. The van der Waals surface area contributed by atoms with Crippen molar-refractivity contribution in [3.63, 3.8) is 0 Å². The zero-order valence-electron chi connectivity index (χ0n) is 15.3. The lowest BCUT2D eigenvalue weighted by Gasteiger charge is -2.17. The molecule has 0 aliphatic carbocycles. The number of ether oxygens (including phenoxy) is 1. The smallest absolute Gasteiger partial charge is 0.233 e. The van der Waals surface area contributed by atoms with Gasteiger partial charge < -0.3 is 15.0 Å². The van der Waals surface area contributed by atoms with Gasteiger partial charge in [0, 0.05) is 30.7 Å². The Kier molecular flexibility index (Phi) is 6.39. The van der Waals surface area contributed by atoms with Crippen LogP contribution in [0.5, 0.6) is 5.75 Å². The van der Waals surface area contributed by atoms with Crippen LogP contribution in [-0.4, -0.2) is 36.3 Å². The van der Waals surface area contributed by atoms with Gasteiger partial charge in [0.1, 0.15) is 11.6 Å². The molecule has 26 heavy (non-hydrogen) atoms. The zero-order chi connectivity index (χ0) is 18.4. The Hall–Kier alpha value is -2.21. The Morgan fingerprint density at radius 2 is 2.00 bits per heavy atom. The fourth-order valence-corrected chi connectivity index (χ4v) is 3.83. The summed E-state index contributed by atoms with van der Waals surface area (Å²) in [7, 11) is 1.65. The van der Waals surface area contributed by atoms with Crippen LogP contribution >= 0.6 is 11.8 Å². The summed E-state index contributed by atoms with van der Waals surface area (Å²) in [6.45, 7) is 4.58. The SMILES string of the molecule is COc1ccc(SC(C)C(=O)NCc2ccnc(N3CCCC3)c2)cc1. The second-order valence-corrected chi connectivity index (χ2v) is 7.78. The van der Waals surface area contributed by atoms with Crippen molar-refractivity contribution < 1.29 is 9.53 Å². The minimum atomic E-state index is -0.164. The lowest BCUT2D eigenvalue weighted by atomic mass is 10.2. The van der Waals surface area contributed by atoms with Gasteiger partial charge in [0.2, 0.25) is 5.91 Å². The molecular weight excluding hydrogens is 346 g/mol. The minimum Gasteiger partial charge on any atom is -0.497 e. The van der Waals surface area contributed by atoms with Crippen molar-refractivity contribution in [2.45, 2.75) is 36.5 Å². The standard InChI is InChI=1S/C20H25N3O2S/c1-15(26-18-7-5-17(25-2)6-8-18)20(24)22-14-16-9-10-21-19(13-16)23-11-3-4-12-23/h5-10,13,15H,3-4,11-12,14H2,1-2H3,(H,22,24). The molecule has 0 bridgehead atoms. The van der Waals surface area contributed by atoms with E-state index in [1.54, 1.807) is 18.9 Å². The molecule has 1 unspecified atom stereocenters.